The van der Waals surface area contributed by atoms with Gasteiger partial charge in [0, 0.05) is 25.6 Å². The number of nitrogens with one attached hydrogen (secondary N) is 3. The van der Waals surface area contributed by atoms with E-state index in [0.717, 1.165) is 0 Å². The van der Waals surface area contributed by atoms with Crippen LogP contribution >= 0.6 is 0 Å². The highest BCUT2D eigenvalue weighted by Crippen LogP contribution is 2.14. The van der Waals surface area contributed by atoms with Crippen LogP contribution in [-0.2, 0) is 11.3 Å². The highest BCUT2D eigenvalue weighted by molar-refractivity contribution is 5.77. The lowest BCUT2D eigenvalue weighted by atomic mass is 10.1. The number of hydrogen-bond acceptors (Lipinski definition) is 5. The minimum atomic E-state index is -0.538. The molecule has 1 saturated heterocycles. The minimum absolute atomic E-state index is 0.00143. The highest BCUT2D eigenvalue weighted by Gasteiger charge is 2.20. The number of nitrogen functional groups attached to an aromatic ring is 1. The molecule has 104 valence electrons. The lowest BCUT2D eigenvalue weighted by Crippen LogP contribution is -2.44. The number of H-pyrrole nitrogens is 1. The molecule has 5 N–H and O–H groups in total. The Hall–Kier alpha value is -2.25. The molecule has 0 aromatic carbocycles. The molecule has 1 aromatic rings. The Morgan fingerprint density at radius 3 is 2.74 bits per heavy atom. The number of piperidine rings is 1. The van der Waals surface area contributed by atoms with E-state index in [4.69, 9.17) is 5.73 Å². The fourth-order valence-electron chi connectivity index (χ4n) is 2.10. The van der Waals surface area contributed by atoms with Gasteiger partial charge in [0.1, 0.15) is 11.5 Å². The van der Waals surface area contributed by atoms with Crippen LogP contribution in [0.5, 0.6) is 0 Å². The Morgan fingerprint density at radius 1 is 1.42 bits per heavy atom. The van der Waals surface area contributed by atoms with Crippen LogP contribution in [0, 0.1) is 0 Å². The molecule has 1 atom stereocenters. The first kappa shape index (κ1) is 13.2. The normalized spacial score (nSPS) is 19.0. The van der Waals surface area contributed by atoms with Gasteiger partial charge in [-0.2, -0.15) is 0 Å². The molecule has 1 aliphatic rings. The van der Waals surface area contributed by atoms with Gasteiger partial charge < -0.3 is 16.4 Å². The Balaban J connectivity index is 2.28. The first-order valence-corrected chi connectivity index (χ1v) is 6.18. The van der Waals surface area contributed by atoms with Crippen LogP contribution in [-0.4, -0.2) is 28.0 Å². The molecule has 8 nitrogen and oxygen atoms in total. The molecule has 1 amide bonds. The monoisotopic (exact) mass is 267 g/mol. The highest BCUT2D eigenvalue weighted by atomic mass is 16.2. The molecule has 1 fully saturated rings. The van der Waals surface area contributed by atoms with Gasteiger partial charge in [-0.15, -0.1) is 0 Å². The number of rotatable bonds is 3. The zero-order valence-corrected chi connectivity index (χ0v) is 10.7. The smallest absolute Gasteiger partial charge is 0.330 e. The number of aromatic amines is 1. The van der Waals surface area contributed by atoms with Gasteiger partial charge >= 0.3 is 5.69 Å². The van der Waals surface area contributed by atoms with E-state index in [-0.39, 0.29) is 23.5 Å². The summed E-state index contributed by atoms with van der Waals surface area (Å²) in [7, 11) is 0. The molecule has 0 radical (unpaired) electrons. The van der Waals surface area contributed by atoms with Crippen molar-refractivity contribution in [3.63, 3.8) is 0 Å². The van der Waals surface area contributed by atoms with E-state index in [0.29, 0.717) is 25.9 Å². The maximum atomic E-state index is 11.8. The number of aromatic nitrogens is 2. The van der Waals surface area contributed by atoms with Gasteiger partial charge in [0.05, 0.1) is 0 Å². The van der Waals surface area contributed by atoms with Crippen molar-refractivity contribution < 1.29 is 4.79 Å². The first-order valence-electron chi connectivity index (χ1n) is 6.18. The topological polar surface area (TPSA) is 122 Å². The van der Waals surface area contributed by atoms with Crippen molar-refractivity contribution in [2.75, 3.05) is 17.6 Å². The number of carbonyl (C=O) groups excluding carboxylic acids is 1. The molecule has 0 saturated carbocycles. The summed E-state index contributed by atoms with van der Waals surface area (Å²) in [6.07, 6.45) is 1.03. The predicted octanol–water partition coefficient (Wildman–Crippen LogP) is -1.17. The lowest BCUT2D eigenvalue weighted by Gasteiger charge is -2.25. The largest absolute Gasteiger partial charge is 0.383 e. The Morgan fingerprint density at radius 2 is 2.16 bits per heavy atom. The van der Waals surface area contributed by atoms with Crippen LogP contribution in [0.2, 0.25) is 0 Å². The molecule has 0 bridgehead atoms. The quantitative estimate of drug-likeness (QED) is 0.549. The van der Waals surface area contributed by atoms with Crippen molar-refractivity contribution in [3.05, 3.63) is 20.8 Å². The molecular formula is C11H17N5O3. The fourth-order valence-corrected chi connectivity index (χ4v) is 2.10. The van der Waals surface area contributed by atoms with E-state index < -0.39 is 11.2 Å². The number of nitrogens with zero attached hydrogens (tertiary/aromatic N) is 1. The average molecular weight is 267 g/mol. The predicted molar refractivity (Wildman–Crippen MR) is 71.1 cm³/mol. The van der Waals surface area contributed by atoms with Crippen LogP contribution in [0.4, 0.5) is 11.5 Å². The zero-order chi connectivity index (χ0) is 14.0. The molecule has 0 aliphatic carbocycles. The van der Waals surface area contributed by atoms with E-state index >= 15 is 0 Å². The van der Waals surface area contributed by atoms with Crippen molar-refractivity contribution in [3.8, 4) is 0 Å². The van der Waals surface area contributed by atoms with Crippen molar-refractivity contribution in [1.29, 1.82) is 0 Å². The molecule has 1 aliphatic heterocycles. The third-order valence-corrected chi connectivity index (χ3v) is 3.17. The Kier molecular flexibility index (Phi) is 3.59. The second kappa shape index (κ2) is 5.17. The molecule has 2 rings (SSSR count). The van der Waals surface area contributed by atoms with Gasteiger partial charge in [-0.05, 0) is 13.3 Å². The summed E-state index contributed by atoms with van der Waals surface area (Å²) in [6.45, 7) is 2.57. The molecule has 8 heteroatoms. The Bertz CT molecular complexity index is 593. The standard InChI is InChI=1S/C11H17N5O3/c1-2-16-9(12)8(10(18)15-11(16)19)14-6-3-4-7(17)13-5-6/h6,14H,2-5,12H2,1H3,(H,13,17)(H,15,18,19). The maximum Gasteiger partial charge on any atom is 0.330 e. The van der Waals surface area contributed by atoms with Gasteiger partial charge in [-0.25, -0.2) is 4.79 Å². The summed E-state index contributed by atoms with van der Waals surface area (Å²) in [4.78, 5) is 36.6. The SMILES string of the molecule is CCn1c(N)c(NC2CCC(=O)NC2)c(=O)[nH]c1=O. The van der Waals surface area contributed by atoms with E-state index in [1.54, 1.807) is 6.92 Å². The molecular weight excluding hydrogens is 250 g/mol. The fraction of sp³-hybridized carbons (Fsp3) is 0.545. The summed E-state index contributed by atoms with van der Waals surface area (Å²) < 4.78 is 1.28. The van der Waals surface area contributed by atoms with Crippen LogP contribution in [0.15, 0.2) is 9.59 Å². The lowest BCUT2D eigenvalue weighted by molar-refractivity contribution is -0.122. The maximum absolute atomic E-state index is 11.8. The zero-order valence-electron chi connectivity index (χ0n) is 10.7. The number of carbonyl (C=O) groups is 1. The van der Waals surface area contributed by atoms with Gasteiger partial charge in [-0.1, -0.05) is 0 Å². The second-order valence-corrected chi connectivity index (χ2v) is 4.45. The summed E-state index contributed by atoms with van der Waals surface area (Å²) in [5.74, 6) is 0.117. The Labute approximate surface area is 109 Å². The third kappa shape index (κ3) is 2.61. The van der Waals surface area contributed by atoms with E-state index in [9.17, 15) is 14.4 Å². The molecule has 1 unspecified atom stereocenters. The number of nitrogens with two attached hydrogens (primary N) is 1. The van der Waals surface area contributed by atoms with Crippen LogP contribution in [0.25, 0.3) is 0 Å². The van der Waals surface area contributed by atoms with E-state index in [1.807, 2.05) is 0 Å². The van der Waals surface area contributed by atoms with E-state index in [1.165, 1.54) is 4.57 Å². The molecule has 19 heavy (non-hydrogen) atoms. The van der Waals surface area contributed by atoms with Crippen LogP contribution in [0.3, 0.4) is 0 Å². The third-order valence-electron chi connectivity index (χ3n) is 3.17. The molecule has 0 spiro atoms. The van der Waals surface area contributed by atoms with Crippen molar-refractivity contribution in [2.24, 2.45) is 0 Å². The summed E-state index contributed by atoms with van der Waals surface area (Å²) in [6, 6.07) is -0.0658. The van der Waals surface area contributed by atoms with Crippen molar-refractivity contribution >= 4 is 17.4 Å². The first-order chi connectivity index (χ1) is 9.02. The van der Waals surface area contributed by atoms with Gasteiger partial charge in [0.25, 0.3) is 5.56 Å². The summed E-state index contributed by atoms with van der Waals surface area (Å²) in [5.41, 5.74) is 4.96. The summed E-state index contributed by atoms with van der Waals surface area (Å²) in [5, 5.41) is 5.70. The second-order valence-electron chi connectivity index (χ2n) is 4.45. The number of hydrogen-bond donors (Lipinski definition) is 4. The van der Waals surface area contributed by atoms with Gasteiger partial charge in [-0.3, -0.25) is 19.1 Å². The molecule has 1 aromatic heterocycles. The molecule has 2 heterocycles. The van der Waals surface area contributed by atoms with Crippen molar-refractivity contribution in [2.45, 2.75) is 32.4 Å². The van der Waals surface area contributed by atoms with Crippen molar-refractivity contribution in [1.82, 2.24) is 14.9 Å². The van der Waals surface area contributed by atoms with Crippen LogP contribution < -0.4 is 27.6 Å². The van der Waals surface area contributed by atoms with E-state index in [2.05, 4.69) is 15.6 Å². The van der Waals surface area contributed by atoms with Gasteiger partial charge in [0.2, 0.25) is 5.91 Å². The average Bonchev–Trinajstić information content (AvgIpc) is 2.37. The van der Waals surface area contributed by atoms with Crippen LogP contribution in [0.1, 0.15) is 19.8 Å². The number of amides is 1. The number of anilines is 2. The minimum Gasteiger partial charge on any atom is -0.383 e. The van der Waals surface area contributed by atoms with Gasteiger partial charge in [0.15, 0.2) is 0 Å². The summed E-state index contributed by atoms with van der Waals surface area (Å²) >= 11 is 0.